The highest BCUT2D eigenvalue weighted by atomic mass is 16.1. The number of carbonyl (C=O) groups excluding carboxylic acids is 1. The molecule has 5 nitrogen and oxygen atoms in total. The highest BCUT2D eigenvalue weighted by Crippen LogP contribution is 2.04. The van der Waals surface area contributed by atoms with Crippen molar-refractivity contribution >= 4 is 5.91 Å². The Morgan fingerprint density at radius 1 is 1.30 bits per heavy atom. The van der Waals surface area contributed by atoms with Gasteiger partial charge in [0.2, 0.25) is 5.91 Å². The van der Waals surface area contributed by atoms with Crippen LogP contribution in [0.25, 0.3) is 0 Å². The number of aromatic nitrogens is 2. The summed E-state index contributed by atoms with van der Waals surface area (Å²) in [5.41, 5.74) is 1.95. The van der Waals surface area contributed by atoms with Crippen molar-refractivity contribution < 1.29 is 4.79 Å². The Kier molecular flexibility index (Phi) is 4.65. The fraction of sp³-hybridized carbons (Fsp3) is 0.267. The molecular weight excluding hydrogens is 254 g/mol. The van der Waals surface area contributed by atoms with E-state index in [1.165, 1.54) is 10.7 Å². The average molecular weight is 271 g/mol. The van der Waals surface area contributed by atoms with Crippen LogP contribution in [0.3, 0.4) is 0 Å². The number of benzene rings is 1. The molecule has 5 heteroatoms. The number of rotatable bonds is 5. The Hall–Kier alpha value is -2.43. The molecule has 0 bridgehead atoms. The minimum Gasteiger partial charge on any atom is -0.354 e. The molecule has 1 heterocycles. The van der Waals surface area contributed by atoms with E-state index in [1.54, 1.807) is 12.3 Å². The topological polar surface area (TPSA) is 64.0 Å². The zero-order valence-corrected chi connectivity index (χ0v) is 11.4. The Labute approximate surface area is 117 Å². The van der Waals surface area contributed by atoms with E-state index in [-0.39, 0.29) is 11.5 Å². The van der Waals surface area contributed by atoms with Gasteiger partial charge in [0.05, 0.1) is 13.0 Å². The highest BCUT2D eigenvalue weighted by molar-refractivity contribution is 5.78. The van der Waals surface area contributed by atoms with E-state index in [4.69, 9.17) is 0 Å². The molecular formula is C15H17N3O2. The largest absolute Gasteiger partial charge is 0.354 e. The zero-order chi connectivity index (χ0) is 14.4. The maximum absolute atomic E-state index is 11.8. The molecule has 0 unspecified atom stereocenters. The van der Waals surface area contributed by atoms with Crippen molar-refractivity contribution in [1.82, 2.24) is 15.1 Å². The van der Waals surface area contributed by atoms with E-state index in [0.717, 1.165) is 11.1 Å². The summed E-state index contributed by atoms with van der Waals surface area (Å²) < 4.78 is 1.33. The Balaban J connectivity index is 1.81. The summed E-state index contributed by atoms with van der Waals surface area (Å²) in [6, 6.07) is 10.9. The van der Waals surface area contributed by atoms with Gasteiger partial charge >= 0.3 is 0 Å². The first-order chi connectivity index (χ1) is 9.65. The van der Waals surface area contributed by atoms with Crippen molar-refractivity contribution in [3.63, 3.8) is 0 Å². The van der Waals surface area contributed by atoms with Crippen LogP contribution >= 0.6 is 0 Å². The molecule has 1 aromatic carbocycles. The van der Waals surface area contributed by atoms with Crippen molar-refractivity contribution in [1.29, 1.82) is 0 Å². The van der Waals surface area contributed by atoms with Gasteiger partial charge in [0, 0.05) is 18.8 Å². The van der Waals surface area contributed by atoms with Crippen LogP contribution in [0.2, 0.25) is 0 Å². The van der Waals surface area contributed by atoms with Gasteiger partial charge in [-0.05, 0) is 18.6 Å². The Morgan fingerprint density at radius 2 is 2.15 bits per heavy atom. The van der Waals surface area contributed by atoms with Crippen LogP contribution < -0.4 is 10.9 Å². The second kappa shape index (κ2) is 6.65. The first-order valence-corrected chi connectivity index (χ1v) is 6.49. The van der Waals surface area contributed by atoms with E-state index in [0.29, 0.717) is 19.5 Å². The van der Waals surface area contributed by atoms with Gasteiger partial charge in [0.1, 0.15) is 0 Å². The third-order valence-electron chi connectivity index (χ3n) is 2.88. The standard InChI is InChI=1S/C15H17N3O2/c1-12-4-2-5-13(10-12)11-14(19)16-8-9-18-15(20)6-3-7-17-18/h2-7,10H,8-9,11H2,1H3,(H,16,19). The lowest BCUT2D eigenvalue weighted by Gasteiger charge is -2.07. The zero-order valence-electron chi connectivity index (χ0n) is 11.4. The molecule has 0 saturated carbocycles. The number of carbonyl (C=O) groups is 1. The number of amides is 1. The molecule has 1 amide bonds. The van der Waals surface area contributed by atoms with E-state index in [9.17, 15) is 9.59 Å². The quantitative estimate of drug-likeness (QED) is 0.879. The molecule has 0 atom stereocenters. The first kappa shape index (κ1) is 14.0. The van der Waals surface area contributed by atoms with Crippen LogP contribution in [-0.2, 0) is 17.8 Å². The lowest BCUT2D eigenvalue weighted by molar-refractivity contribution is -0.120. The summed E-state index contributed by atoms with van der Waals surface area (Å²) >= 11 is 0. The van der Waals surface area contributed by atoms with Crippen molar-refractivity contribution in [3.05, 3.63) is 64.1 Å². The molecule has 0 aliphatic carbocycles. The van der Waals surface area contributed by atoms with Gasteiger partial charge < -0.3 is 5.32 Å². The van der Waals surface area contributed by atoms with Crippen molar-refractivity contribution in [2.45, 2.75) is 19.9 Å². The predicted molar refractivity (Wildman–Crippen MR) is 76.4 cm³/mol. The van der Waals surface area contributed by atoms with Crippen LogP contribution in [0.1, 0.15) is 11.1 Å². The summed E-state index contributed by atoms with van der Waals surface area (Å²) in [5, 5.41) is 6.71. The van der Waals surface area contributed by atoms with Crippen LogP contribution in [0, 0.1) is 6.92 Å². The van der Waals surface area contributed by atoms with Crippen molar-refractivity contribution in [2.24, 2.45) is 0 Å². The third kappa shape index (κ3) is 4.05. The molecule has 0 spiro atoms. The normalized spacial score (nSPS) is 10.2. The summed E-state index contributed by atoms with van der Waals surface area (Å²) in [6.45, 7) is 2.76. The van der Waals surface area contributed by atoms with E-state index >= 15 is 0 Å². The highest BCUT2D eigenvalue weighted by Gasteiger charge is 2.03. The number of nitrogens with zero attached hydrogens (tertiary/aromatic N) is 2. The van der Waals surface area contributed by atoms with Crippen LogP contribution in [0.5, 0.6) is 0 Å². The number of hydrogen-bond acceptors (Lipinski definition) is 3. The molecule has 0 aliphatic rings. The molecule has 104 valence electrons. The van der Waals surface area contributed by atoms with E-state index in [2.05, 4.69) is 10.4 Å². The molecule has 0 fully saturated rings. The molecule has 0 radical (unpaired) electrons. The first-order valence-electron chi connectivity index (χ1n) is 6.49. The van der Waals surface area contributed by atoms with Gasteiger partial charge in [-0.1, -0.05) is 29.8 Å². The van der Waals surface area contributed by atoms with Crippen molar-refractivity contribution in [3.8, 4) is 0 Å². The minimum absolute atomic E-state index is 0.0559. The maximum Gasteiger partial charge on any atom is 0.266 e. The lowest BCUT2D eigenvalue weighted by atomic mass is 10.1. The van der Waals surface area contributed by atoms with E-state index in [1.807, 2.05) is 31.2 Å². The predicted octanol–water partition coefficient (Wildman–Crippen LogP) is 0.911. The van der Waals surface area contributed by atoms with Gasteiger partial charge in [-0.25, -0.2) is 4.68 Å². The Morgan fingerprint density at radius 3 is 2.90 bits per heavy atom. The van der Waals surface area contributed by atoms with Gasteiger partial charge in [-0.15, -0.1) is 0 Å². The second-order valence-corrected chi connectivity index (χ2v) is 4.60. The van der Waals surface area contributed by atoms with E-state index < -0.39 is 0 Å². The number of aryl methyl sites for hydroxylation is 1. The summed E-state index contributed by atoms with van der Waals surface area (Å²) in [7, 11) is 0. The maximum atomic E-state index is 11.8. The smallest absolute Gasteiger partial charge is 0.266 e. The molecule has 1 N–H and O–H groups in total. The fourth-order valence-electron chi connectivity index (χ4n) is 1.93. The monoisotopic (exact) mass is 271 g/mol. The summed E-state index contributed by atoms with van der Waals surface area (Å²) in [4.78, 5) is 23.2. The number of hydrogen-bond donors (Lipinski definition) is 1. The third-order valence-corrected chi connectivity index (χ3v) is 2.88. The minimum atomic E-state index is -0.166. The SMILES string of the molecule is Cc1cccc(CC(=O)NCCn2ncccc2=O)c1. The molecule has 2 rings (SSSR count). The van der Waals surface area contributed by atoms with Crippen LogP contribution in [0.4, 0.5) is 0 Å². The van der Waals surface area contributed by atoms with Gasteiger partial charge in [0.25, 0.3) is 5.56 Å². The summed E-state index contributed by atoms with van der Waals surface area (Å²) in [6.07, 6.45) is 1.90. The van der Waals surface area contributed by atoms with Gasteiger partial charge in [-0.3, -0.25) is 9.59 Å². The lowest BCUT2D eigenvalue weighted by Crippen LogP contribution is -2.32. The van der Waals surface area contributed by atoms with Gasteiger partial charge in [0.15, 0.2) is 0 Å². The molecule has 1 aromatic heterocycles. The number of nitrogens with one attached hydrogen (secondary N) is 1. The molecule has 20 heavy (non-hydrogen) atoms. The average Bonchev–Trinajstić information content (AvgIpc) is 2.41. The van der Waals surface area contributed by atoms with Crippen LogP contribution in [0.15, 0.2) is 47.4 Å². The second-order valence-electron chi connectivity index (χ2n) is 4.60. The van der Waals surface area contributed by atoms with Crippen LogP contribution in [-0.4, -0.2) is 22.2 Å². The Bertz CT molecular complexity index is 649. The molecule has 0 aliphatic heterocycles. The van der Waals surface area contributed by atoms with Crippen molar-refractivity contribution in [2.75, 3.05) is 6.54 Å². The van der Waals surface area contributed by atoms with Gasteiger partial charge in [-0.2, -0.15) is 5.10 Å². The fourth-order valence-corrected chi connectivity index (χ4v) is 1.93. The molecule has 0 saturated heterocycles. The molecule has 2 aromatic rings. The summed E-state index contributed by atoms with van der Waals surface area (Å²) in [5.74, 6) is -0.0559.